The molecule has 2 aromatic heterocycles. The molecule has 0 aromatic carbocycles. The van der Waals surface area contributed by atoms with E-state index in [-0.39, 0.29) is 0 Å². The molecule has 0 radical (unpaired) electrons. The molecule has 0 atom stereocenters. The summed E-state index contributed by atoms with van der Waals surface area (Å²) in [6.07, 6.45) is 2.13. The van der Waals surface area contributed by atoms with Crippen LogP contribution in [0.25, 0.3) is 0 Å². The van der Waals surface area contributed by atoms with Crippen LogP contribution in [-0.4, -0.2) is 11.6 Å². The molecule has 2 aromatic rings. The second kappa shape index (κ2) is 4.96. The van der Waals surface area contributed by atoms with E-state index in [1.54, 1.807) is 11.3 Å². The monoisotopic (exact) mass is 284 g/mol. The highest BCUT2D eigenvalue weighted by atomic mass is 79.9. The van der Waals surface area contributed by atoms with Gasteiger partial charge in [-0.15, -0.1) is 11.3 Å². The van der Waals surface area contributed by atoms with Crippen LogP contribution in [0.15, 0.2) is 34.2 Å². The van der Waals surface area contributed by atoms with Crippen molar-refractivity contribution in [1.29, 1.82) is 0 Å². The third-order valence-corrected chi connectivity index (χ3v) is 3.84. The van der Waals surface area contributed by atoms with Gasteiger partial charge >= 0.3 is 0 Å². The number of nitrogens with one attached hydrogen (secondary N) is 1. The molecule has 0 aliphatic carbocycles. The van der Waals surface area contributed by atoms with Crippen LogP contribution in [0.2, 0.25) is 0 Å². The fourth-order valence-electron chi connectivity index (χ4n) is 1.55. The van der Waals surface area contributed by atoms with Crippen LogP contribution in [-0.2, 0) is 13.1 Å². The van der Waals surface area contributed by atoms with Gasteiger partial charge in [0.15, 0.2) is 0 Å². The van der Waals surface area contributed by atoms with Gasteiger partial charge in [0.1, 0.15) is 0 Å². The molecule has 0 bridgehead atoms. The molecule has 4 heteroatoms. The number of thiophene rings is 1. The molecule has 80 valence electrons. The van der Waals surface area contributed by atoms with E-state index in [0.717, 1.165) is 13.1 Å². The van der Waals surface area contributed by atoms with Crippen molar-refractivity contribution in [2.75, 3.05) is 7.05 Å². The molecule has 2 heterocycles. The minimum atomic E-state index is 0.916. The first-order valence-electron chi connectivity index (χ1n) is 4.82. The Morgan fingerprint density at radius 1 is 1.40 bits per heavy atom. The molecule has 15 heavy (non-hydrogen) atoms. The van der Waals surface area contributed by atoms with Crippen LogP contribution >= 0.6 is 27.3 Å². The van der Waals surface area contributed by atoms with Crippen molar-refractivity contribution in [3.63, 3.8) is 0 Å². The third-order valence-electron chi connectivity index (χ3n) is 2.24. The summed E-state index contributed by atoms with van der Waals surface area (Å²) in [4.78, 5) is 1.37. The molecule has 0 amide bonds. The second-order valence-corrected chi connectivity index (χ2v) is 5.91. The summed E-state index contributed by atoms with van der Waals surface area (Å²) in [5.41, 5.74) is 1.32. The van der Waals surface area contributed by atoms with Crippen molar-refractivity contribution in [2.45, 2.75) is 13.1 Å². The van der Waals surface area contributed by atoms with E-state index in [0.29, 0.717) is 0 Å². The maximum atomic E-state index is 3.48. The smallest absolute Gasteiger partial charge is 0.0702 e. The zero-order valence-corrected chi connectivity index (χ0v) is 10.9. The van der Waals surface area contributed by atoms with Gasteiger partial charge in [0.05, 0.1) is 10.3 Å². The molecule has 0 saturated carbocycles. The van der Waals surface area contributed by atoms with Gasteiger partial charge in [0.2, 0.25) is 0 Å². The SMILES string of the molecule is CNCc1cccn1Cc1ccc(Br)s1. The fourth-order valence-corrected chi connectivity index (χ4v) is 3.03. The Hall–Kier alpha value is -0.580. The highest BCUT2D eigenvalue weighted by molar-refractivity contribution is 9.11. The van der Waals surface area contributed by atoms with Gasteiger partial charge in [-0.25, -0.2) is 0 Å². The standard InChI is InChI=1S/C11H13BrN2S/c1-13-7-9-3-2-6-14(9)8-10-4-5-11(12)15-10/h2-6,13H,7-8H2,1H3. The zero-order chi connectivity index (χ0) is 10.7. The van der Waals surface area contributed by atoms with Crippen LogP contribution < -0.4 is 5.32 Å². The second-order valence-electron chi connectivity index (χ2n) is 3.36. The number of halogens is 1. The average molecular weight is 285 g/mol. The number of rotatable bonds is 4. The van der Waals surface area contributed by atoms with E-state index in [1.165, 1.54) is 14.4 Å². The summed E-state index contributed by atoms with van der Waals surface area (Å²) in [6.45, 7) is 1.87. The Morgan fingerprint density at radius 3 is 2.93 bits per heavy atom. The van der Waals surface area contributed by atoms with E-state index in [1.807, 2.05) is 7.05 Å². The summed E-state index contributed by atoms with van der Waals surface area (Å²) in [7, 11) is 1.97. The van der Waals surface area contributed by atoms with Crippen LogP contribution in [0.5, 0.6) is 0 Å². The molecule has 0 aliphatic rings. The predicted molar refractivity (Wildman–Crippen MR) is 68.3 cm³/mol. The van der Waals surface area contributed by atoms with Crippen molar-refractivity contribution >= 4 is 27.3 Å². The zero-order valence-electron chi connectivity index (χ0n) is 8.53. The Kier molecular flexibility index (Phi) is 3.61. The molecule has 0 unspecified atom stereocenters. The quantitative estimate of drug-likeness (QED) is 0.913. The predicted octanol–water partition coefficient (Wildman–Crippen LogP) is 3.08. The summed E-state index contributed by atoms with van der Waals surface area (Å²) >= 11 is 5.27. The summed E-state index contributed by atoms with van der Waals surface area (Å²) < 4.78 is 3.47. The first-order chi connectivity index (χ1) is 7.29. The van der Waals surface area contributed by atoms with Gasteiger partial charge in [-0.05, 0) is 47.2 Å². The summed E-state index contributed by atoms with van der Waals surface area (Å²) in [5, 5.41) is 3.17. The Morgan fingerprint density at radius 2 is 2.27 bits per heavy atom. The average Bonchev–Trinajstić information content (AvgIpc) is 2.78. The van der Waals surface area contributed by atoms with Gasteiger partial charge in [0.25, 0.3) is 0 Å². The number of hydrogen-bond donors (Lipinski definition) is 1. The third kappa shape index (κ3) is 2.71. The van der Waals surface area contributed by atoms with E-state index >= 15 is 0 Å². The molecule has 0 aliphatic heterocycles. The fraction of sp³-hybridized carbons (Fsp3) is 0.273. The highest BCUT2D eigenvalue weighted by Crippen LogP contribution is 2.23. The Bertz CT molecular complexity index is 433. The maximum Gasteiger partial charge on any atom is 0.0702 e. The van der Waals surface area contributed by atoms with Crippen molar-refractivity contribution < 1.29 is 0 Å². The van der Waals surface area contributed by atoms with Crippen LogP contribution in [0.1, 0.15) is 10.6 Å². The molecular weight excluding hydrogens is 272 g/mol. The molecule has 1 N–H and O–H groups in total. The molecule has 0 fully saturated rings. The van der Waals surface area contributed by atoms with Crippen molar-refractivity contribution in [2.24, 2.45) is 0 Å². The lowest BCUT2D eigenvalue weighted by Gasteiger charge is -2.07. The highest BCUT2D eigenvalue weighted by Gasteiger charge is 2.02. The molecule has 2 rings (SSSR count). The van der Waals surface area contributed by atoms with E-state index < -0.39 is 0 Å². The minimum Gasteiger partial charge on any atom is -0.345 e. The molecule has 0 spiro atoms. The van der Waals surface area contributed by atoms with Gasteiger partial charge in [0, 0.05) is 23.3 Å². The van der Waals surface area contributed by atoms with Crippen LogP contribution in [0, 0.1) is 0 Å². The van der Waals surface area contributed by atoms with Gasteiger partial charge in [-0.2, -0.15) is 0 Å². The Balaban J connectivity index is 2.13. The lowest BCUT2D eigenvalue weighted by molar-refractivity contribution is 0.699. The maximum absolute atomic E-state index is 3.48. The van der Waals surface area contributed by atoms with E-state index in [2.05, 4.69) is 56.3 Å². The van der Waals surface area contributed by atoms with E-state index in [9.17, 15) is 0 Å². The summed E-state index contributed by atoms with van der Waals surface area (Å²) in [5.74, 6) is 0. The summed E-state index contributed by atoms with van der Waals surface area (Å²) in [6, 6.07) is 8.51. The lowest BCUT2D eigenvalue weighted by Crippen LogP contribution is -2.10. The number of aromatic nitrogens is 1. The Labute approximate surface area is 102 Å². The first-order valence-corrected chi connectivity index (χ1v) is 6.43. The largest absolute Gasteiger partial charge is 0.345 e. The number of nitrogens with zero attached hydrogens (tertiary/aromatic N) is 1. The topological polar surface area (TPSA) is 17.0 Å². The van der Waals surface area contributed by atoms with Gasteiger partial charge in [-0.3, -0.25) is 0 Å². The van der Waals surface area contributed by atoms with Gasteiger partial charge in [-0.1, -0.05) is 0 Å². The van der Waals surface area contributed by atoms with Crippen LogP contribution in [0.4, 0.5) is 0 Å². The van der Waals surface area contributed by atoms with Crippen molar-refractivity contribution in [1.82, 2.24) is 9.88 Å². The van der Waals surface area contributed by atoms with Crippen molar-refractivity contribution in [3.8, 4) is 0 Å². The minimum absolute atomic E-state index is 0.916. The molecule has 0 saturated heterocycles. The van der Waals surface area contributed by atoms with Crippen LogP contribution in [0.3, 0.4) is 0 Å². The first kappa shape index (κ1) is 10.9. The normalized spacial score (nSPS) is 10.8. The van der Waals surface area contributed by atoms with E-state index in [4.69, 9.17) is 0 Å². The molecule has 2 nitrogen and oxygen atoms in total. The lowest BCUT2D eigenvalue weighted by atomic mass is 10.4. The number of hydrogen-bond acceptors (Lipinski definition) is 2. The van der Waals surface area contributed by atoms with Crippen molar-refractivity contribution in [3.05, 3.63) is 44.8 Å². The van der Waals surface area contributed by atoms with Gasteiger partial charge < -0.3 is 9.88 Å². The molecular formula is C11H13BrN2S.